The molecule has 3 aromatic rings. The van der Waals surface area contributed by atoms with E-state index in [2.05, 4.69) is 10.0 Å². The Morgan fingerprint density at radius 2 is 1.55 bits per heavy atom. The number of nitrogens with one attached hydrogen (secondary N) is 2. The van der Waals surface area contributed by atoms with Gasteiger partial charge in [0.25, 0.3) is 15.9 Å². The summed E-state index contributed by atoms with van der Waals surface area (Å²) in [5, 5.41) is 2.33. The van der Waals surface area contributed by atoms with E-state index in [1.165, 1.54) is 43.3 Å². The number of anilines is 2. The third-order valence-corrected chi connectivity index (χ3v) is 5.33. The van der Waals surface area contributed by atoms with E-state index in [9.17, 15) is 26.4 Å². The summed E-state index contributed by atoms with van der Waals surface area (Å²) in [4.78, 5) is 12.1. The highest BCUT2D eigenvalue weighted by molar-refractivity contribution is 7.92. The molecule has 0 atom stereocenters. The molecule has 0 heterocycles. The van der Waals surface area contributed by atoms with Crippen LogP contribution in [-0.2, 0) is 10.0 Å². The van der Waals surface area contributed by atoms with Gasteiger partial charge in [0.2, 0.25) is 0 Å². The summed E-state index contributed by atoms with van der Waals surface area (Å²) in [6.45, 7) is 1.51. The zero-order valence-electron chi connectivity index (χ0n) is 15.0. The Kier molecular flexibility index (Phi) is 5.60. The van der Waals surface area contributed by atoms with Gasteiger partial charge in [0.1, 0.15) is 17.5 Å². The first-order valence-electron chi connectivity index (χ1n) is 8.30. The van der Waals surface area contributed by atoms with Crippen molar-refractivity contribution >= 4 is 27.3 Å². The maximum atomic E-state index is 13.7. The molecule has 9 heteroatoms. The van der Waals surface area contributed by atoms with Crippen molar-refractivity contribution in [3.05, 3.63) is 89.2 Å². The van der Waals surface area contributed by atoms with Crippen LogP contribution in [0.2, 0.25) is 0 Å². The quantitative estimate of drug-likeness (QED) is 0.640. The van der Waals surface area contributed by atoms with Crippen LogP contribution in [0, 0.1) is 24.4 Å². The van der Waals surface area contributed by atoms with Gasteiger partial charge in [-0.15, -0.1) is 0 Å². The molecule has 150 valence electrons. The van der Waals surface area contributed by atoms with Crippen LogP contribution in [0.1, 0.15) is 15.9 Å². The van der Waals surface area contributed by atoms with E-state index in [1.54, 1.807) is 0 Å². The summed E-state index contributed by atoms with van der Waals surface area (Å²) in [6.07, 6.45) is 0. The van der Waals surface area contributed by atoms with Crippen molar-refractivity contribution in [3.63, 3.8) is 0 Å². The fraction of sp³-hybridized carbons (Fsp3) is 0.0500. The topological polar surface area (TPSA) is 75.3 Å². The summed E-state index contributed by atoms with van der Waals surface area (Å²) in [5.74, 6) is -3.07. The average molecular weight is 420 g/mol. The molecule has 29 heavy (non-hydrogen) atoms. The first-order chi connectivity index (χ1) is 13.6. The van der Waals surface area contributed by atoms with Crippen LogP contribution in [-0.4, -0.2) is 14.3 Å². The zero-order valence-corrected chi connectivity index (χ0v) is 15.9. The molecule has 5 nitrogen and oxygen atoms in total. The van der Waals surface area contributed by atoms with Crippen LogP contribution in [0.25, 0.3) is 0 Å². The van der Waals surface area contributed by atoms with E-state index in [-0.39, 0.29) is 21.8 Å². The molecule has 0 radical (unpaired) electrons. The van der Waals surface area contributed by atoms with Crippen molar-refractivity contribution in [1.29, 1.82) is 0 Å². The molecule has 0 aromatic heterocycles. The van der Waals surface area contributed by atoms with Gasteiger partial charge in [-0.25, -0.2) is 21.6 Å². The Bertz CT molecular complexity index is 1180. The van der Waals surface area contributed by atoms with Crippen molar-refractivity contribution in [3.8, 4) is 0 Å². The number of sulfonamides is 1. The van der Waals surface area contributed by atoms with Crippen molar-refractivity contribution in [2.24, 2.45) is 0 Å². The van der Waals surface area contributed by atoms with Crippen molar-refractivity contribution < 1.29 is 26.4 Å². The standard InChI is InChI=1S/C20H15F3N2O3S/c1-12-5-6-18(11-19(12)23)29(27,28)25-16-4-2-3-13(7-16)20(26)24-17-9-14(21)8-15(22)10-17/h2-11,25H,1H3,(H,24,26). The normalized spacial score (nSPS) is 11.2. The molecular weight excluding hydrogens is 405 g/mol. The van der Waals surface area contributed by atoms with Gasteiger partial charge in [-0.2, -0.15) is 0 Å². The first kappa shape index (κ1) is 20.4. The van der Waals surface area contributed by atoms with E-state index < -0.39 is 33.4 Å². The summed E-state index contributed by atoms with van der Waals surface area (Å²) in [6, 6.07) is 11.5. The zero-order chi connectivity index (χ0) is 21.2. The van der Waals surface area contributed by atoms with Gasteiger partial charge in [0.15, 0.2) is 0 Å². The Morgan fingerprint density at radius 3 is 2.21 bits per heavy atom. The minimum Gasteiger partial charge on any atom is -0.322 e. The van der Waals surface area contributed by atoms with E-state index in [1.807, 2.05) is 0 Å². The lowest BCUT2D eigenvalue weighted by atomic mass is 10.2. The number of carbonyl (C=O) groups is 1. The molecule has 0 unspecified atom stereocenters. The Balaban J connectivity index is 1.81. The minimum absolute atomic E-state index is 0.0463. The average Bonchev–Trinajstić information content (AvgIpc) is 2.63. The fourth-order valence-electron chi connectivity index (χ4n) is 2.51. The van der Waals surface area contributed by atoms with Crippen molar-refractivity contribution in [1.82, 2.24) is 0 Å². The molecule has 3 aromatic carbocycles. The number of rotatable bonds is 5. The van der Waals surface area contributed by atoms with Crippen LogP contribution >= 0.6 is 0 Å². The molecule has 0 saturated heterocycles. The number of aryl methyl sites for hydroxylation is 1. The Labute approximate surface area is 165 Å². The number of hydrogen-bond donors (Lipinski definition) is 2. The van der Waals surface area contributed by atoms with Gasteiger partial charge in [-0.3, -0.25) is 9.52 Å². The van der Waals surface area contributed by atoms with Crippen LogP contribution in [0.5, 0.6) is 0 Å². The first-order valence-corrected chi connectivity index (χ1v) is 9.79. The van der Waals surface area contributed by atoms with Gasteiger partial charge < -0.3 is 5.32 Å². The van der Waals surface area contributed by atoms with Crippen molar-refractivity contribution in [2.45, 2.75) is 11.8 Å². The van der Waals surface area contributed by atoms with Crippen LogP contribution < -0.4 is 10.0 Å². The number of hydrogen-bond acceptors (Lipinski definition) is 3. The number of carbonyl (C=O) groups excluding carboxylic acids is 1. The number of benzene rings is 3. The second-order valence-corrected chi connectivity index (χ2v) is 7.89. The van der Waals surface area contributed by atoms with Crippen LogP contribution in [0.4, 0.5) is 24.5 Å². The lowest BCUT2D eigenvalue weighted by Crippen LogP contribution is -2.15. The van der Waals surface area contributed by atoms with Gasteiger partial charge in [-0.1, -0.05) is 12.1 Å². The third kappa shape index (κ3) is 4.94. The second-order valence-electron chi connectivity index (χ2n) is 6.21. The highest BCUT2D eigenvalue weighted by atomic mass is 32.2. The third-order valence-electron chi connectivity index (χ3n) is 3.95. The maximum Gasteiger partial charge on any atom is 0.261 e. The molecule has 0 aliphatic heterocycles. The summed E-state index contributed by atoms with van der Waals surface area (Å²) >= 11 is 0. The predicted molar refractivity (Wildman–Crippen MR) is 103 cm³/mol. The number of amides is 1. The monoisotopic (exact) mass is 420 g/mol. The van der Waals surface area contributed by atoms with Gasteiger partial charge in [0, 0.05) is 23.0 Å². The summed E-state index contributed by atoms with van der Waals surface area (Å²) in [7, 11) is -4.09. The van der Waals surface area contributed by atoms with E-state index >= 15 is 0 Å². The Hall–Kier alpha value is -3.33. The SMILES string of the molecule is Cc1ccc(S(=O)(=O)Nc2cccc(C(=O)Nc3cc(F)cc(F)c3)c2)cc1F. The summed E-state index contributed by atoms with van der Waals surface area (Å²) < 4.78 is 67.4. The fourth-order valence-corrected chi connectivity index (χ4v) is 3.57. The Morgan fingerprint density at radius 1 is 0.862 bits per heavy atom. The molecule has 0 aliphatic carbocycles. The van der Waals surface area contributed by atoms with E-state index in [0.717, 1.165) is 18.2 Å². The van der Waals surface area contributed by atoms with E-state index in [4.69, 9.17) is 0 Å². The molecule has 0 saturated carbocycles. The molecule has 3 rings (SSSR count). The lowest BCUT2D eigenvalue weighted by molar-refractivity contribution is 0.102. The molecule has 1 amide bonds. The minimum atomic E-state index is -4.09. The largest absolute Gasteiger partial charge is 0.322 e. The van der Waals surface area contributed by atoms with Crippen LogP contribution in [0.3, 0.4) is 0 Å². The van der Waals surface area contributed by atoms with Crippen LogP contribution in [0.15, 0.2) is 65.6 Å². The predicted octanol–water partition coefficient (Wildman–Crippen LogP) is 4.47. The maximum absolute atomic E-state index is 13.7. The number of halogens is 3. The van der Waals surface area contributed by atoms with Gasteiger partial charge >= 0.3 is 0 Å². The van der Waals surface area contributed by atoms with Crippen molar-refractivity contribution in [2.75, 3.05) is 10.0 Å². The van der Waals surface area contributed by atoms with E-state index in [0.29, 0.717) is 11.6 Å². The molecular formula is C20H15F3N2O3S. The highest BCUT2D eigenvalue weighted by Gasteiger charge is 2.17. The lowest BCUT2D eigenvalue weighted by Gasteiger charge is -2.11. The highest BCUT2D eigenvalue weighted by Crippen LogP contribution is 2.20. The molecule has 0 fully saturated rings. The molecule has 0 spiro atoms. The smallest absolute Gasteiger partial charge is 0.261 e. The molecule has 0 bridgehead atoms. The molecule has 0 aliphatic rings. The summed E-state index contributed by atoms with van der Waals surface area (Å²) in [5.41, 5.74) is 0.319. The van der Waals surface area contributed by atoms with Gasteiger partial charge in [0.05, 0.1) is 4.90 Å². The second kappa shape index (κ2) is 7.96. The molecule has 2 N–H and O–H groups in total. The van der Waals surface area contributed by atoms with Gasteiger partial charge in [-0.05, 0) is 55.0 Å².